The van der Waals surface area contributed by atoms with Crippen LogP contribution in [0.2, 0.25) is 0 Å². The standard InChI is InChI=1S/C25H22N8O/c1-34-22-13-29-21(12-30-22)19-8-9-20-25(31-19)33(24(32-20)17-3-2-10-28-23(17)27)15-5-6-16-14(11-15)4-7-18(16)26/h2-3,5-6,8-13,18H,4,7,26H2,1H3,(H2,27,28)/t18-/m0/s1. The van der Waals surface area contributed by atoms with Gasteiger partial charge in [0.1, 0.15) is 17.0 Å². The van der Waals surface area contributed by atoms with Crippen LogP contribution < -0.4 is 16.2 Å². The molecule has 1 atom stereocenters. The van der Waals surface area contributed by atoms with Crippen molar-refractivity contribution in [2.75, 3.05) is 12.8 Å². The number of hydrogen-bond acceptors (Lipinski definition) is 8. The summed E-state index contributed by atoms with van der Waals surface area (Å²) < 4.78 is 7.15. The second kappa shape index (κ2) is 7.89. The number of nitrogens with two attached hydrogens (primary N) is 2. The maximum atomic E-state index is 6.27. The Morgan fingerprint density at radius 3 is 2.71 bits per heavy atom. The molecular weight excluding hydrogens is 428 g/mol. The number of benzene rings is 1. The summed E-state index contributed by atoms with van der Waals surface area (Å²) in [4.78, 5) is 22.8. The minimum absolute atomic E-state index is 0.0791. The van der Waals surface area contributed by atoms with Crippen LogP contribution in [-0.2, 0) is 6.42 Å². The Labute approximate surface area is 195 Å². The lowest BCUT2D eigenvalue weighted by Gasteiger charge is -2.13. The molecule has 0 aliphatic heterocycles. The summed E-state index contributed by atoms with van der Waals surface area (Å²) in [6, 6.07) is 14.0. The molecule has 0 saturated carbocycles. The van der Waals surface area contributed by atoms with Gasteiger partial charge in [-0.05, 0) is 60.4 Å². The van der Waals surface area contributed by atoms with Gasteiger partial charge in [0.25, 0.3) is 0 Å². The van der Waals surface area contributed by atoms with E-state index < -0.39 is 0 Å². The fourth-order valence-corrected chi connectivity index (χ4v) is 4.46. The molecule has 0 unspecified atom stereocenters. The molecular formula is C25H22N8O. The second-order valence-corrected chi connectivity index (χ2v) is 8.22. The first kappa shape index (κ1) is 20.3. The third kappa shape index (κ3) is 3.25. The molecule has 168 valence electrons. The Bertz CT molecular complexity index is 1530. The molecule has 6 rings (SSSR count). The topological polar surface area (TPSA) is 131 Å². The summed E-state index contributed by atoms with van der Waals surface area (Å²) >= 11 is 0. The van der Waals surface area contributed by atoms with Crippen molar-refractivity contribution in [2.24, 2.45) is 5.73 Å². The molecule has 0 saturated heterocycles. The Morgan fingerprint density at radius 1 is 1.00 bits per heavy atom. The maximum Gasteiger partial charge on any atom is 0.232 e. The lowest BCUT2D eigenvalue weighted by molar-refractivity contribution is 0.396. The third-order valence-electron chi connectivity index (χ3n) is 6.19. The molecule has 4 heterocycles. The normalized spacial score (nSPS) is 14.9. The molecule has 1 aliphatic carbocycles. The predicted octanol–water partition coefficient (Wildman–Crippen LogP) is 3.48. The smallest absolute Gasteiger partial charge is 0.232 e. The van der Waals surface area contributed by atoms with Gasteiger partial charge in [-0.25, -0.2) is 24.9 Å². The first-order valence-electron chi connectivity index (χ1n) is 11.0. The van der Waals surface area contributed by atoms with E-state index in [-0.39, 0.29) is 6.04 Å². The highest BCUT2D eigenvalue weighted by atomic mass is 16.5. The van der Waals surface area contributed by atoms with E-state index in [2.05, 4.69) is 33.2 Å². The average Bonchev–Trinajstić information content (AvgIpc) is 3.44. The van der Waals surface area contributed by atoms with Crippen molar-refractivity contribution in [1.29, 1.82) is 0 Å². The van der Waals surface area contributed by atoms with Gasteiger partial charge in [-0.15, -0.1) is 0 Å². The van der Waals surface area contributed by atoms with Crippen molar-refractivity contribution < 1.29 is 4.74 Å². The molecule has 4 N–H and O–H groups in total. The van der Waals surface area contributed by atoms with E-state index in [1.165, 1.54) is 11.1 Å². The summed E-state index contributed by atoms with van der Waals surface area (Å²) in [6.45, 7) is 0. The molecule has 0 spiro atoms. The van der Waals surface area contributed by atoms with E-state index in [9.17, 15) is 0 Å². The van der Waals surface area contributed by atoms with Crippen molar-refractivity contribution >= 4 is 17.0 Å². The zero-order chi connectivity index (χ0) is 23.2. The quantitative estimate of drug-likeness (QED) is 0.425. The minimum Gasteiger partial charge on any atom is -0.480 e. The van der Waals surface area contributed by atoms with Gasteiger partial charge in [-0.2, -0.15) is 0 Å². The van der Waals surface area contributed by atoms with Crippen LogP contribution in [-0.4, -0.2) is 36.6 Å². The van der Waals surface area contributed by atoms with Gasteiger partial charge in [0.2, 0.25) is 5.88 Å². The average molecular weight is 451 g/mol. The summed E-state index contributed by atoms with van der Waals surface area (Å²) in [7, 11) is 1.56. The molecule has 34 heavy (non-hydrogen) atoms. The van der Waals surface area contributed by atoms with Crippen molar-refractivity contribution in [3.05, 3.63) is 72.2 Å². The zero-order valence-corrected chi connectivity index (χ0v) is 18.5. The molecule has 1 aromatic carbocycles. The Morgan fingerprint density at radius 2 is 1.91 bits per heavy atom. The van der Waals surface area contributed by atoms with E-state index in [4.69, 9.17) is 26.2 Å². The van der Waals surface area contributed by atoms with Crippen LogP contribution >= 0.6 is 0 Å². The van der Waals surface area contributed by atoms with Crippen LogP contribution in [0.15, 0.2) is 61.1 Å². The maximum absolute atomic E-state index is 6.27. The number of anilines is 1. The number of hydrogen-bond donors (Lipinski definition) is 2. The molecule has 9 heteroatoms. The Balaban J connectivity index is 1.59. The van der Waals surface area contributed by atoms with Crippen LogP contribution in [0.25, 0.3) is 39.6 Å². The Hall–Kier alpha value is -4.37. The van der Waals surface area contributed by atoms with Gasteiger partial charge < -0.3 is 16.2 Å². The van der Waals surface area contributed by atoms with Crippen LogP contribution in [0.3, 0.4) is 0 Å². The van der Waals surface area contributed by atoms with Crippen LogP contribution in [0.1, 0.15) is 23.6 Å². The molecule has 1 aliphatic rings. The van der Waals surface area contributed by atoms with Gasteiger partial charge in [0.05, 0.1) is 30.8 Å². The van der Waals surface area contributed by atoms with Gasteiger partial charge in [0.15, 0.2) is 11.5 Å². The molecule has 0 bridgehead atoms. The number of imidazole rings is 1. The van der Waals surface area contributed by atoms with Crippen LogP contribution in [0.4, 0.5) is 5.82 Å². The van der Waals surface area contributed by atoms with Crippen molar-refractivity contribution in [3.8, 4) is 34.3 Å². The van der Waals surface area contributed by atoms with E-state index in [0.29, 0.717) is 34.6 Å². The summed E-state index contributed by atoms with van der Waals surface area (Å²) in [6.07, 6.45) is 6.78. The van der Waals surface area contributed by atoms with Gasteiger partial charge in [0, 0.05) is 17.9 Å². The number of nitrogen functional groups attached to an aromatic ring is 1. The van der Waals surface area contributed by atoms with E-state index >= 15 is 0 Å². The molecule has 5 aromatic rings. The highest BCUT2D eigenvalue weighted by Gasteiger charge is 2.23. The molecule has 9 nitrogen and oxygen atoms in total. The predicted molar refractivity (Wildman–Crippen MR) is 129 cm³/mol. The molecule has 0 radical (unpaired) electrons. The van der Waals surface area contributed by atoms with Crippen molar-refractivity contribution in [2.45, 2.75) is 18.9 Å². The monoisotopic (exact) mass is 450 g/mol. The zero-order valence-electron chi connectivity index (χ0n) is 18.5. The summed E-state index contributed by atoms with van der Waals surface area (Å²) in [5.74, 6) is 1.53. The SMILES string of the molecule is COc1cnc(-c2ccc3nc(-c4cccnc4N)n(-c4ccc5c(c4)CC[C@@H]5N)c3n2)cn1. The highest BCUT2D eigenvalue weighted by Crippen LogP contribution is 2.35. The van der Waals surface area contributed by atoms with Crippen molar-refractivity contribution in [3.63, 3.8) is 0 Å². The molecule has 0 fully saturated rings. The van der Waals surface area contributed by atoms with Crippen LogP contribution in [0, 0.1) is 0 Å². The molecule has 4 aromatic heterocycles. The minimum atomic E-state index is 0.0791. The number of fused-ring (bicyclic) bond motifs is 2. The molecule has 0 amide bonds. The first-order chi connectivity index (χ1) is 16.6. The largest absolute Gasteiger partial charge is 0.480 e. The number of aryl methyl sites for hydroxylation is 1. The fraction of sp³-hybridized carbons (Fsp3) is 0.160. The first-order valence-corrected chi connectivity index (χ1v) is 11.0. The van der Waals surface area contributed by atoms with Gasteiger partial charge >= 0.3 is 0 Å². The highest BCUT2D eigenvalue weighted by molar-refractivity contribution is 5.84. The van der Waals surface area contributed by atoms with Crippen LogP contribution in [0.5, 0.6) is 5.88 Å². The summed E-state index contributed by atoms with van der Waals surface area (Å²) in [5.41, 5.74) is 19.4. The lowest BCUT2D eigenvalue weighted by atomic mass is 10.1. The summed E-state index contributed by atoms with van der Waals surface area (Å²) in [5, 5.41) is 0. The lowest BCUT2D eigenvalue weighted by Crippen LogP contribution is -2.06. The number of nitrogens with zero attached hydrogens (tertiary/aromatic N) is 6. The van der Waals surface area contributed by atoms with E-state index in [1.807, 2.05) is 28.8 Å². The fourth-order valence-electron chi connectivity index (χ4n) is 4.46. The number of methoxy groups -OCH3 is 1. The van der Waals surface area contributed by atoms with Gasteiger partial charge in [-0.1, -0.05) is 6.07 Å². The number of rotatable bonds is 4. The van der Waals surface area contributed by atoms with Gasteiger partial charge in [-0.3, -0.25) is 4.57 Å². The number of ether oxygens (including phenoxy) is 1. The number of pyridine rings is 2. The third-order valence-corrected chi connectivity index (χ3v) is 6.19. The van der Waals surface area contributed by atoms with E-state index in [0.717, 1.165) is 29.6 Å². The van der Waals surface area contributed by atoms with E-state index in [1.54, 1.807) is 25.7 Å². The van der Waals surface area contributed by atoms with Crippen molar-refractivity contribution in [1.82, 2.24) is 29.5 Å². The number of aromatic nitrogens is 6. The Kier molecular flexibility index (Phi) is 4.70. The second-order valence-electron chi connectivity index (χ2n) is 8.22.